The van der Waals surface area contributed by atoms with E-state index in [1.54, 1.807) is 17.0 Å². The molecule has 1 aromatic heterocycles. The summed E-state index contributed by atoms with van der Waals surface area (Å²) >= 11 is 3.49. The van der Waals surface area contributed by atoms with Crippen molar-refractivity contribution in [1.82, 2.24) is 9.88 Å². The molecular formula is C21H17BrFN3O2. The first-order valence-electron chi connectivity index (χ1n) is 9.15. The van der Waals surface area contributed by atoms with E-state index < -0.39 is 5.41 Å². The van der Waals surface area contributed by atoms with Gasteiger partial charge in [-0.2, -0.15) is 0 Å². The maximum absolute atomic E-state index is 13.4. The second-order valence-electron chi connectivity index (χ2n) is 7.43. The highest BCUT2D eigenvalue weighted by Gasteiger charge is 2.49. The third-order valence-electron chi connectivity index (χ3n) is 5.90. The van der Waals surface area contributed by atoms with Gasteiger partial charge in [-0.15, -0.1) is 0 Å². The van der Waals surface area contributed by atoms with Crippen LogP contribution in [0, 0.1) is 5.82 Å². The van der Waals surface area contributed by atoms with Gasteiger partial charge in [0.15, 0.2) is 0 Å². The Balaban J connectivity index is 1.39. The van der Waals surface area contributed by atoms with Gasteiger partial charge >= 0.3 is 0 Å². The molecular weight excluding hydrogens is 425 g/mol. The average molecular weight is 442 g/mol. The highest BCUT2D eigenvalue weighted by Crippen LogP contribution is 2.46. The lowest BCUT2D eigenvalue weighted by atomic mass is 9.73. The summed E-state index contributed by atoms with van der Waals surface area (Å²) in [6.07, 6.45) is 1.14. The maximum Gasteiger partial charge on any atom is 0.270 e. The number of carbonyl (C=O) groups is 2. The van der Waals surface area contributed by atoms with Gasteiger partial charge in [-0.25, -0.2) is 4.39 Å². The molecule has 2 amide bonds. The van der Waals surface area contributed by atoms with Crippen molar-refractivity contribution in [2.75, 3.05) is 18.4 Å². The second kappa shape index (κ2) is 6.17. The zero-order valence-electron chi connectivity index (χ0n) is 14.9. The van der Waals surface area contributed by atoms with Crippen molar-refractivity contribution in [3.05, 3.63) is 64.0 Å². The van der Waals surface area contributed by atoms with E-state index >= 15 is 0 Å². The number of nitrogens with one attached hydrogen (secondary N) is 2. The SMILES string of the molecule is O=C(c1cc2cc(F)ccc2[nH]1)N1CCC2(CC1)C(=O)Nc1ccc(Br)cc12. The van der Waals surface area contributed by atoms with Crippen LogP contribution in [0.25, 0.3) is 10.9 Å². The molecule has 28 heavy (non-hydrogen) atoms. The molecule has 2 N–H and O–H groups in total. The molecule has 0 aliphatic carbocycles. The molecule has 7 heteroatoms. The number of likely N-dealkylation sites (tertiary alicyclic amines) is 1. The van der Waals surface area contributed by atoms with Crippen LogP contribution in [0.2, 0.25) is 0 Å². The van der Waals surface area contributed by atoms with E-state index in [-0.39, 0.29) is 17.6 Å². The van der Waals surface area contributed by atoms with Crippen LogP contribution in [0.5, 0.6) is 0 Å². The van der Waals surface area contributed by atoms with Gasteiger partial charge in [-0.05, 0) is 60.9 Å². The molecule has 5 rings (SSSR count). The Kier molecular flexibility index (Phi) is 3.84. The smallest absolute Gasteiger partial charge is 0.270 e. The van der Waals surface area contributed by atoms with E-state index in [9.17, 15) is 14.0 Å². The first-order chi connectivity index (χ1) is 13.5. The minimum absolute atomic E-state index is 0.00814. The zero-order chi connectivity index (χ0) is 19.5. The fourth-order valence-corrected chi connectivity index (χ4v) is 4.72. The summed E-state index contributed by atoms with van der Waals surface area (Å²) in [5, 5.41) is 3.65. The summed E-state index contributed by atoms with van der Waals surface area (Å²) in [4.78, 5) is 30.5. The summed E-state index contributed by atoms with van der Waals surface area (Å²) in [6.45, 7) is 0.976. The number of carbonyl (C=O) groups excluding carboxylic acids is 2. The van der Waals surface area contributed by atoms with Crippen molar-refractivity contribution < 1.29 is 14.0 Å². The number of aromatic nitrogens is 1. The Bertz CT molecular complexity index is 1130. The number of piperidine rings is 1. The first kappa shape index (κ1) is 17.4. The average Bonchev–Trinajstić information content (AvgIpc) is 3.22. The number of hydrogen-bond acceptors (Lipinski definition) is 2. The molecule has 0 radical (unpaired) electrons. The molecule has 5 nitrogen and oxygen atoms in total. The fraction of sp³-hybridized carbons (Fsp3) is 0.238. The predicted octanol–water partition coefficient (Wildman–Crippen LogP) is 4.20. The number of rotatable bonds is 1. The Morgan fingerprint density at radius 2 is 1.89 bits per heavy atom. The predicted molar refractivity (Wildman–Crippen MR) is 108 cm³/mol. The number of fused-ring (bicyclic) bond motifs is 3. The minimum atomic E-state index is -0.584. The molecule has 1 fully saturated rings. The Morgan fingerprint density at radius 1 is 1.11 bits per heavy atom. The summed E-state index contributed by atoms with van der Waals surface area (Å²) in [6, 6.07) is 11.9. The van der Waals surface area contributed by atoms with Gasteiger partial charge in [0.25, 0.3) is 5.91 Å². The molecule has 3 aromatic rings. The number of amides is 2. The molecule has 3 heterocycles. The van der Waals surface area contributed by atoms with Crippen molar-refractivity contribution in [3.8, 4) is 0 Å². The molecule has 0 saturated carbocycles. The lowest BCUT2D eigenvalue weighted by Crippen LogP contribution is -2.48. The number of nitrogens with zero attached hydrogens (tertiary/aromatic N) is 1. The topological polar surface area (TPSA) is 65.2 Å². The first-order valence-corrected chi connectivity index (χ1v) is 9.95. The Morgan fingerprint density at radius 3 is 2.68 bits per heavy atom. The monoisotopic (exact) mass is 441 g/mol. The quantitative estimate of drug-likeness (QED) is 0.594. The van der Waals surface area contributed by atoms with E-state index in [0.29, 0.717) is 37.0 Å². The number of aromatic amines is 1. The molecule has 1 spiro atoms. The second-order valence-corrected chi connectivity index (χ2v) is 8.35. The lowest BCUT2D eigenvalue weighted by molar-refractivity contribution is -0.122. The van der Waals surface area contributed by atoms with E-state index in [2.05, 4.69) is 26.2 Å². The van der Waals surface area contributed by atoms with E-state index in [4.69, 9.17) is 0 Å². The molecule has 0 atom stereocenters. The highest BCUT2D eigenvalue weighted by atomic mass is 79.9. The summed E-state index contributed by atoms with van der Waals surface area (Å²) in [5.41, 5.74) is 2.44. The number of benzene rings is 2. The van der Waals surface area contributed by atoms with Crippen LogP contribution in [-0.2, 0) is 10.2 Å². The molecule has 2 aliphatic heterocycles. The van der Waals surface area contributed by atoms with E-state index in [1.807, 2.05) is 18.2 Å². The molecule has 0 unspecified atom stereocenters. The molecule has 0 bridgehead atoms. The van der Waals surface area contributed by atoms with E-state index in [1.165, 1.54) is 12.1 Å². The van der Waals surface area contributed by atoms with Crippen LogP contribution >= 0.6 is 15.9 Å². The van der Waals surface area contributed by atoms with Gasteiger partial charge in [0, 0.05) is 34.2 Å². The third-order valence-corrected chi connectivity index (χ3v) is 6.39. The Hall–Kier alpha value is -2.67. The van der Waals surface area contributed by atoms with Gasteiger partial charge < -0.3 is 15.2 Å². The standard InChI is InChI=1S/C21H17BrFN3O2/c22-13-1-3-17-15(11-13)21(20(28)25-17)5-7-26(8-6-21)19(27)18-10-12-9-14(23)2-4-16(12)24-18/h1-4,9-11,24H,5-8H2,(H,25,28). The number of halogens is 2. The normalized spacial score (nSPS) is 17.8. The number of anilines is 1. The van der Waals surface area contributed by atoms with Crippen LogP contribution < -0.4 is 5.32 Å². The van der Waals surface area contributed by atoms with Gasteiger partial charge in [-0.1, -0.05) is 15.9 Å². The van der Waals surface area contributed by atoms with Crippen LogP contribution in [-0.4, -0.2) is 34.8 Å². The summed E-state index contributed by atoms with van der Waals surface area (Å²) < 4.78 is 14.3. The molecule has 1 saturated heterocycles. The van der Waals surface area contributed by atoms with Crippen molar-refractivity contribution >= 4 is 44.3 Å². The third kappa shape index (κ3) is 2.57. The number of H-pyrrole nitrogens is 1. The fourth-order valence-electron chi connectivity index (χ4n) is 4.36. The number of hydrogen-bond donors (Lipinski definition) is 2. The zero-order valence-corrected chi connectivity index (χ0v) is 16.5. The van der Waals surface area contributed by atoms with Gasteiger partial charge in [0.05, 0.1) is 5.41 Å². The van der Waals surface area contributed by atoms with Crippen LogP contribution in [0.1, 0.15) is 28.9 Å². The van der Waals surface area contributed by atoms with Gasteiger partial charge in [-0.3, -0.25) is 9.59 Å². The summed E-state index contributed by atoms with van der Waals surface area (Å²) in [5.74, 6) is -0.449. The Labute approximate surface area is 169 Å². The molecule has 142 valence electrons. The summed E-state index contributed by atoms with van der Waals surface area (Å²) in [7, 11) is 0. The van der Waals surface area contributed by atoms with Crippen LogP contribution in [0.4, 0.5) is 10.1 Å². The largest absolute Gasteiger partial charge is 0.351 e. The van der Waals surface area contributed by atoms with Crippen molar-refractivity contribution in [2.24, 2.45) is 0 Å². The van der Waals surface area contributed by atoms with Crippen molar-refractivity contribution in [1.29, 1.82) is 0 Å². The minimum Gasteiger partial charge on any atom is -0.351 e. The van der Waals surface area contributed by atoms with Gasteiger partial charge in [0.2, 0.25) is 5.91 Å². The van der Waals surface area contributed by atoms with Crippen LogP contribution in [0.15, 0.2) is 46.9 Å². The van der Waals surface area contributed by atoms with Crippen molar-refractivity contribution in [2.45, 2.75) is 18.3 Å². The maximum atomic E-state index is 13.4. The molecule has 2 aliphatic rings. The van der Waals surface area contributed by atoms with Gasteiger partial charge in [0.1, 0.15) is 11.5 Å². The van der Waals surface area contributed by atoms with Crippen LogP contribution in [0.3, 0.4) is 0 Å². The lowest BCUT2D eigenvalue weighted by Gasteiger charge is -2.37. The molecule has 2 aromatic carbocycles. The highest BCUT2D eigenvalue weighted by molar-refractivity contribution is 9.10. The van der Waals surface area contributed by atoms with Crippen molar-refractivity contribution in [3.63, 3.8) is 0 Å². The van der Waals surface area contributed by atoms with E-state index in [0.717, 1.165) is 21.2 Å².